The second kappa shape index (κ2) is 7.11. The van der Waals surface area contributed by atoms with Crippen LogP contribution < -0.4 is 10.2 Å². The van der Waals surface area contributed by atoms with E-state index in [-0.39, 0.29) is 0 Å². The summed E-state index contributed by atoms with van der Waals surface area (Å²) in [6.45, 7) is 3.88. The standard InChI is InChI=1S/C15H24BNO3/c1-3-17(13-6-4-5-7-13)11-12-10-14(20-2)8-9-15(12)16(18)19/h8-10,13,18-19H,3-7,11H2,1-2H3. The minimum absolute atomic E-state index is 0.572. The highest BCUT2D eigenvalue weighted by atomic mass is 16.5. The van der Waals surface area contributed by atoms with Crippen LogP contribution in [0.1, 0.15) is 38.2 Å². The maximum atomic E-state index is 9.52. The molecule has 4 nitrogen and oxygen atoms in total. The van der Waals surface area contributed by atoms with E-state index in [1.807, 2.05) is 6.07 Å². The Hall–Kier alpha value is -1.04. The van der Waals surface area contributed by atoms with Crippen LogP contribution in [0.15, 0.2) is 18.2 Å². The third kappa shape index (κ3) is 3.54. The number of rotatable bonds is 6. The van der Waals surface area contributed by atoms with E-state index in [1.54, 1.807) is 19.2 Å². The van der Waals surface area contributed by atoms with Crippen LogP contribution in [0.4, 0.5) is 0 Å². The van der Waals surface area contributed by atoms with Gasteiger partial charge in [0.05, 0.1) is 7.11 Å². The Bertz CT molecular complexity index is 433. The first-order chi connectivity index (χ1) is 9.65. The van der Waals surface area contributed by atoms with Gasteiger partial charge in [-0.1, -0.05) is 25.8 Å². The molecule has 1 fully saturated rings. The molecule has 2 N–H and O–H groups in total. The largest absolute Gasteiger partial charge is 0.497 e. The summed E-state index contributed by atoms with van der Waals surface area (Å²) in [5, 5.41) is 19.0. The molecular weight excluding hydrogens is 253 g/mol. The molecule has 20 heavy (non-hydrogen) atoms. The molecule has 0 heterocycles. The monoisotopic (exact) mass is 277 g/mol. The summed E-state index contributed by atoms with van der Waals surface area (Å²) in [5.74, 6) is 0.756. The second-order valence-electron chi connectivity index (χ2n) is 5.44. The Kier molecular flexibility index (Phi) is 5.46. The zero-order chi connectivity index (χ0) is 14.5. The van der Waals surface area contributed by atoms with Crippen molar-refractivity contribution >= 4 is 12.6 Å². The maximum absolute atomic E-state index is 9.52. The first kappa shape index (κ1) is 15.4. The Morgan fingerprint density at radius 2 is 2.00 bits per heavy atom. The summed E-state index contributed by atoms with van der Waals surface area (Å²) in [5.41, 5.74) is 1.51. The third-order valence-corrected chi connectivity index (χ3v) is 4.25. The van der Waals surface area contributed by atoms with Crippen LogP contribution in [-0.4, -0.2) is 41.8 Å². The number of ether oxygens (including phenoxy) is 1. The molecule has 0 aromatic heterocycles. The van der Waals surface area contributed by atoms with Crippen LogP contribution in [0.5, 0.6) is 5.75 Å². The molecule has 1 aromatic carbocycles. The van der Waals surface area contributed by atoms with Crippen LogP contribution in [0.3, 0.4) is 0 Å². The molecular formula is C15H24BNO3. The Morgan fingerprint density at radius 1 is 1.30 bits per heavy atom. The number of nitrogens with zero attached hydrogens (tertiary/aromatic N) is 1. The van der Waals surface area contributed by atoms with Gasteiger partial charge in [0.15, 0.2) is 0 Å². The number of benzene rings is 1. The Labute approximate surface area is 121 Å². The summed E-state index contributed by atoms with van der Waals surface area (Å²) < 4.78 is 5.25. The van der Waals surface area contributed by atoms with Crippen molar-refractivity contribution in [1.82, 2.24) is 4.90 Å². The lowest BCUT2D eigenvalue weighted by Crippen LogP contribution is -2.38. The minimum atomic E-state index is -1.43. The molecule has 0 saturated heterocycles. The maximum Gasteiger partial charge on any atom is 0.488 e. The van der Waals surface area contributed by atoms with Gasteiger partial charge in [0.2, 0.25) is 0 Å². The zero-order valence-electron chi connectivity index (χ0n) is 12.4. The predicted molar refractivity (Wildman–Crippen MR) is 81.2 cm³/mol. The average Bonchev–Trinajstić information content (AvgIpc) is 2.98. The van der Waals surface area contributed by atoms with Gasteiger partial charge in [0, 0.05) is 12.6 Å². The van der Waals surface area contributed by atoms with Crippen LogP contribution in [0.2, 0.25) is 0 Å². The van der Waals surface area contributed by atoms with E-state index in [9.17, 15) is 10.0 Å². The van der Waals surface area contributed by atoms with Crippen molar-refractivity contribution in [2.45, 2.75) is 45.2 Å². The van der Waals surface area contributed by atoms with Gasteiger partial charge in [-0.05, 0) is 42.5 Å². The normalized spacial score (nSPS) is 15.8. The van der Waals surface area contributed by atoms with Crippen molar-refractivity contribution in [3.8, 4) is 5.75 Å². The van der Waals surface area contributed by atoms with Crippen LogP contribution in [-0.2, 0) is 6.54 Å². The Balaban J connectivity index is 2.20. The lowest BCUT2D eigenvalue weighted by Gasteiger charge is -2.28. The highest BCUT2D eigenvalue weighted by molar-refractivity contribution is 6.59. The van der Waals surface area contributed by atoms with Crippen molar-refractivity contribution in [2.24, 2.45) is 0 Å². The zero-order valence-corrected chi connectivity index (χ0v) is 12.4. The molecule has 0 aliphatic heterocycles. The summed E-state index contributed by atoms with van der Waals surface area (Å²) in [4.78, 5) is 2.42. The lowest BCUT2D eigenvalue weighted by molar-refractivity contribution is 0.200. The summed E-state index contributed by atoms with van der Waals surface area (Å²) in [7, 11) is 0.195. The summed E-state index contributed by atoms with van der Waals surface area (Å²) >= 11 is 0. The lowest BCUT2D eigenvalue weighted by atomic mass is 9.76. The van der Waals surface area contributed by atoms with Gasteiger partial charge in [-0.15, -0.1) is 0 Å². The third-order valence-electron chi connectivity index (χ3n) is 4.25. The molecule has 5 heteroatoms. The second-order valence-corrected chi connectivity index (χ2v) is 5.44. The molecule has 0 unspecified atom stereocenters. The Morgan fingerprint density at radius 3 is 2.55 bits per heavy atom. The van der Waals surface area contributed by atoms with Gasteiger partial charge in [-0.25, -0.2) is 0 Å². The van der Waals surface area contributed by atoms with Gasteiger partial charge in [0.25, 0.3) is 0 Å². The average molecular weight is 277 g/mol. The first-order valence-electron chi connectivity index (χ1n) is 7.42. The fraction of sp³-hybridized carbons (Fsp3) is 0.600. The highest BCUT2D eigenvalue weighted by Gasteiger charge is 2.24. The minimum Gasteiger partial charge on any atom is -0.497 e. The molecule has 1 aliphatic carbocycles. The number of methoxy groups -OCH3 is 1. The SMILES string of the molecule is CCN(Cc1cc(OC)ccc1B(O)O)C1CCCC1. The fourth-order valence-electron chi connectivity index (χ4n) is 3.09. The molecule has 0 radical (unpaired) electrons. The highest BCUT2D eigenvalue weighted by Crippen LogP contribution is 2.25. The van der Waals surface area contributed by atoms with E-state index in [2.05, 4.69) is 11.8 Å². The number of hydrogen-bond acceptors (Lipinski definition) is 4. The van der Waals surface area contributed by atoms with E-state index < -0.39 is 7.12 Å². The van der Waals surface area contributed by atoms with Crippen LogP contribution >= 0.6 is 0 Å². The van der Waals surface area contributed by atoms with Crippen LogP contribution in [0, 0.1) is 0 Å². The molecule has 0 bridgehead atoms. The molecule has 1 aliphatic rings. The first-order valence-corrected chi connectivity index (χ1v) is 7.42. The van der Waals surface area contributed by atoms with Gasteiger partial charge >= 0.3 is 7.12 Å². The van der Waals surface area contributed by atoms with E-state index in [0.717, 1.165) is 24.4 Å². The molecule has 1 saturated carbocycles. The smallest absolute Gasteiger partial charge is 0.488 e. The van der Waals surface area contributed by atoms with Gasteiger partial charge in [0.1, 0.15) is 5.75 Å². The van der Waals surface area contributed by atoms with E-state index in [4.69, 9.17) is 4.74 Å². The molecule has 0 amide bonds. The van der Waals surface area contributed by atoms with Crippen molar-refractivity contribution in [2.75, 3.05) is 13.7 Å². The number of hydrogen-bond donors (Lipinski definition) is 2. The van der Waals surface area contributed by atoms with E-state index in [1.165, 1.54) is 25.7 Å². The van der Waals surface area contributed by atoms with Crippen LogP contribution in [0.25, 0.3) is 0 Å². The molecule has 1 aromatic rings. The summed E-state index contributed by atoms with van der Waals surface area (Å²) in [6.07, 6.45) is 5.09. The van der Waals surface area contributed by atoms with Crippen molar-refractivity contribution in [1.29, 1.82) is 0 Å². The fourth-order valence-corrected chi connectivity index (χ4v) is 3.09. The molecule has 0 spiro atoms. The van der Waals surface area contributed by atoms with Gasteiger partial charge in [-0.3, -0.25) is 4.90 Å². The quantitative estimate of drug-likeness (QED) is 0.766. The topological polar surface area (TPSA) is 52.9 Å². The van der Waals surface area contributed by atoms with Crippen molar-refractivity contribution in [3.63, 3.8) is 0 Å². The van der Waals surface area contributed by atoms with E-state index >= 15 is 0 Å². The van der Waals surface area contributed by atoms with Crippen molar-refractivity contribution in [3.05, 3.63) is 23.8 Å². The van der Waals surface area contributed by atoms with Crippen molar-refractivity contribution < 1.29 is 14.8 Å². The van der Waals surface area contributed by atoms with Gasteiger partial charge in [-0.2, -0.15) is 0 Å². The summed E-state index contributed by atoms with van der Waals surface area (Å²) in [6, 6.07) is 6.03. The molecule has 0 atom stereocenters. The van der Waals surface area contributed by atoms with E-state index in [0.29, 0.717) is 11.5 Å². The predicted octanol–water partition coefficient (Wildman–Crippen LogP) is 1.14. The van der Waals surface area contributed by atoms with Gasteiger partial charge < -0.3 is 14.8 Å². The molecule has 110 valence electrons. The molecule has 2 rings (SSSR count).